The zero-order valence-electron chi connectivity index (χ0n) is 16.2. The van der Waals surface area contributed by atoms with Crippen LogP contribution >= 0.6 is 11.6 Å². The van der Waals surface area contributed by atoms with Gasteiger partial charge < -0.3 is 9.47 Å². The lowest BCUT2D eigenvalue weighted by Crippen LogP contribution is -2.23. The van der Waals surface area contributed by atoms with Crippen LogP contribution in [0.25, 0.3) is 5.69 Å². The number of methoxy groups -OCH3 is 1. The van der Waals surface area contributed by atoms with E-state index in [9.17, 15) is 18.4 Å². The molecule has 3 aromatic rings. The molecule has 30 heavy (non-hydrogen) atoms. The highest BCUT2D eigenvalue weighted by molar-refractivity contribution is 6.31. The molecule has 3 heterocycles. The molecule has 3 rings (SSSR count). The third kappa shape index (κ3) is 4.16. The second-order valence-electron chi connectivity index (χ2n) is 6.32. The van der Waals surface area contributed by atoms with Gasteiger partial charge >= 0.3 is 5.97 Å². The predicted octanol–water partition coefficient (Wildman–Crippen LogP) is 3.54. The Morgan fingerprint density at radius 2 is 1.90 bits per heavy atom. The van der Waals surface area contributed by atoms with Crippen LogP contribution < -0.4 is 10.3 Å². The number of halogens is 3. The average Bonchev–Trinajstić information content (AvgIpc) is 2.71. The zero-order chi connectivity index (χ0) is 22.0. The van der Waals surface area contributed by atoms with Crippen LogP contribution in [-0.2, 0) is 11.3 Å². The zero-order valence-corrected chi connectivity index (χ0v) is 17.0. The molecule has 0 fully saturated rings. The van der Waals surface area contributed by atoms with Crippen LogP contribution in [0.4, 0.5) is 8.78 Å². The minimum atomic E-state index is -0.876. The number of aryl methyl sites for hydroxylation is 2. The van der Waals surface area contributed by atoms with Gasteiger partial charge in [-0.05, 0) is 25.5 Å². The molecule has 0 aliphatic carbocycles. The number of ether oxygens (including phenoxy) is 2. The Hall–Kier alpha value is -3.33. The first kappa shape index (κ1) is 21.4. The molecule has 0 aliphatic heterocycles. The summed E-state index contributed by atoms with van der Waals surface area (Å²) in [6.07, 6.45) is 2.30. The van der Waals surface area contributed by atoms with Gasteiger partial charge in [0.15, 0.2) is 5.82 Å². The number of esters is 1. The maximum absolute atomic E-state index is 13.7. The molecule has 10 heteroatoms. The van der Waals surface area contributed by atoms with Crippen molar-refractivity contribution in [3.05, 3.63) is 80.2 Å². The summed E-state index contributed by atoms with van der Waals surface area (Å²) in [7, 11) is 1.22. The van der Waals surface area contributed by atoms with E-state index in [2.05, 4.69) is 14.7 Å². The standard InChI is InChI=1S/C20H16ClF2N3O4/c1-10-7-24-14(20(28)29-3)6-16(10)26-11(2)4-17(18(21)19(26)27)30-9-15-13(23)5-12(22)8-25-15/h4-8H,9H2,1-3H3. The number of aromatic nitrogens is 3. The molecule has 0 atom stereocenters. The van der Waals surface area contributed by atoms with Gasteiger partial charge in [-0.1, -0.05) is 11.6 Å². The van der Waals surface area contributed by atoms with Crippen LogP contribution in [0, 0.1) is 25.5 Å². The van der Waals surface area contributed by atoms with Crippen LogP contribution in [0.5, 0.6) is 5.75 Å². The molecule has 3 aromatic heterocycles. The molecule has 0 spiro atoms. The summed E-state index contributed by atoms with van der Waals surface area (Å²) < 4.78 is 38.1. The Kier molecular flexibility index (Phi) is 6.12. The number of pyridine rings is 3. The smallest absolute Gasteiger partial charge is 0.356 e. The minimum Gasteiger partial charge on any atom is -0.485 e. The second kappa shape index (κ2) is 8.58. The van der Waals surface area contributed by atoms with Crippen LogP contribution in [0.3, 0.4) is 0 Å². The summed E-state index contributed by atoms with van der Waals surface area (Å²) in [5, 5.41) is -0.251. The van der Waals surface area contributed by atoms with Gasteiger partial charge in [0.25, 0.3) is 5.56 Å². The molecule has 0 amide bonds. The molecule has 0 N–H and O–H groups in total. The van der Waals surface area contributed by atoms with Gasteiger partial charge in [0.05, 0.1) is 19.0 Å². The van der Waals surface area contributed by atoms with Crippen LogP contribution in [0.2, 0.25) is 5.02 Å². The van der Waals surface area contributed by atoms with E-state index in [1.165, 1.54) is 30.0 Å². The van der Waals surface area contributed by atoms with Crippen molar-refractivity contribution >= 4 is 17.6 Å². The van der Waals surface area contributed by atoms with E-state index in [1.54, 1.807) is 13.8 Å². The molecule has 0 aliphatic rings. The number of carbonyl (C=O) groups is 1. The Labute approximate surface area is 174 Å². The van der Waals surface area contributed by atoms with Crippen molar-refractivity contribution in [3.63, 3.8) is 0 Å². The molecule has 7 nitrogen and oxygen atoms in total. The van der Waals surface area contributed by atoms with Crippen molar-refractivity contribution in [3.8, 4) is 11.4 Å². The highest BCUT2D eigenvalue weighted by Gasteiger charge is 2.18. The second-order valence-corrected chi connectivity index (χ2v) is 6.70. The monoisotopic (exact) mass is 435 g/mol. The van der Waals surface area contributed by atoms with Crippen molar-refractivity contribution in [2.24, 2.45) is 0 Å². The molecule has 0 radical (unpaired) electrons. The van der Waals surface area contributed by atoms with E-state index in [1.807, 2.05) is 0 Å². The number of hydrogen-bond donors (Lipinski definition) is 0. The summed E-state index contributed by atoms with van der Waals surface area (Å²) in [6.45, 7) is 3.01. The quantitative estimate of drug-likeness (QED) is 0.570. The van der Waals surface area contributed by atoms with Gasteiger partial charge in [-0.25, -0.2) is 18.6 Å². The predicted molar refractivity (Wildman–Crippen MR) is 104 cm³/mol. The average molecular weight is 436 g/mol. The number of rotatable bonds is 5. The molecule has 0 unspecified atom stereocenters. The van der Waals surface area contributed by atoms with Crippen LogP contribution in [0.15, 0.2) is 35.4 Å². The number of nitrogens with zero attached hydrogens (tertiary/aromatic N) is 3. The molecule has 156 valence electrons. The molecule has 0 saturated heterocycles. The largest absolute Gasteiger partial charge is 0.485 e. The first-order valence-electron chi connectivity index (χ1n) is 8.63. The molecular formula is C20H16ClF2N3O4. The maximum atomic E-state index is 13.7. The Morgan fingerprint density at radius 1 is 1.17 bits per heavy atom. The van der Waals surface area contributed by atoms with E-state index in [0.717, 1.165) is 6.20 Å². The Balaban J connectivity index is 2.00. The summed E-state index contributed by atoms with van der Waals surface area (Å²) in [5.74, 6) is -2.33. The van der Waals surface area contributed by atoms with E-state index < -0.39 is 23.2 Å². The maximum Gasteiger partial charge on any atom is 0.356 e. The van der Waals surface area contributed by atoms with Gasteiger partial charge in [0.1, 0.15) is 34.6 Å². The number of carbonyl (C=O) groups excluding carboxylic acids is 1. The molecule has 0 aromatic carbocycles. The van der Waals surface area contributed by atoms with Crippen molar-refractivity contribution in [1.29, 1.82) is 0 Å². The number of hydrogen-bond acceptors (Lipinski definition) is 6. The third-order valence-electron chi connectivity index (χ3n) is 4.26. The normalized spacial score (nSPS) is 10.7. The van der Waals surface area contributed by atoms with Gasteiger partial charge in [-0.15, -0.1) is 0 Å². The van der Waals surface area contributed by atoms with E-state index >= 15 is 0 Å². The lowest BCUT2D eigenvalue weighted by atomic mass is 10.2. The first-order chi connectivity index (χ1) is 14.2. The Bertz CT molecular complexity index is 1200. The fourth-order valence-corrected chi connectivity index (χ4v) is 2.94. The third-order valence-corrected chi connectivity index (χ3v) is 4.61. The van der Waals surface area contributed by atoms with Gasteiger partial charge in [-0.3, -0.25) is 14.3 Å². The van der Waals surface area contributed by atoms with Crippen molar-refractivity contribution < 1.29 is 23.0 Å². The van der Waals surface area contributed by atoms with E-state index in [4.69, 9.17) is 16.3 Å². The summed E-state index contributed by atoms with van der Waals surface area (Å²) >= 11 is 6.19. The fourth-order valence-electron chi connectivity index (χ4n) is 2.75. The Morgan fingerprint density at radius 3 is 2.57 bits per heavy atom. The van der Waals surface area contributed by atoms with Crippen molar-refractivity contribution in [2.45, 2.75) is 20.5 Å². The van der Waals surface area contributed by atoms with Crippen LogP contribution in [-0.4, -0.2) is 27.6 Å². The van der Waals surface area contributed by atoms with E-state index in [-0.39, 0.29) is 28.8 Å². The van der Waals surface area contributed by atoms with Crippen molar-refractivity contribution in [1.82, 2.24) is 14.5 Å². The van der Waals surface area contributed by atoms with E-state index in [0.29, 0.717) is 23.0 Å². The highest BCUT2D eigenvalue weighted by Crippen LogP contribution is 2.25. The van der Waals surface area contributed by atoms with Crippen LogP contribution in [0.1, 0.15) is 27.4 Å². The highest BCUT2D eigenvalue weighted by atomic mass is 35.5. The lowest BCUT2D eigenvalue weighted by molar-refractivity contribution is 0.0594. The topological polar surface area (TPSA) is 83.3 Å². The SMILES string of the molecule is COC(=O)c1cc(-n2c(C)cc(OCc3ncc(F)cc3F)c(Cl)c2=O)c(C)cn1. The summed E-state index contributed by atoms with van der Waals surface area (Å²) in [5.41, 5.74) is 0.741. The molecule has 0 bridgehead atoms. The first-order valence-corrected chi connectivity index (χ1v) is 9.01. The minimum absolute atomic E-state index is 0.0147. The van der Waals surface area contributed by atoms with Gasteiger partial charge in [0, 0.05) is 24.0 Å². The summed E-state index contributed by atoms with van der Waals surface area (Å²) in [6, 6.07) is 3.59. The molecular weight excluding hydrogens is 420 g/mol. The summed E-state index contributed by atoms with van der Waals surface area (Å²) in [4.78, 5) is 32.3. The van der Waals surface area contributed by atoms with Gasteiger partial charge in [0.2, 0.25) is 0 Å². The van der Waals surface area contributed by atoms with Gasteiger partial charge in [-0.2, -0.15) is 0 Å². The lowest BCUT2D eigenvalue weighted by Gasteiger charge is -2.16. The molecule has 0 saturated carbocycles. The van der Waals surface area contributed by atoms with Crippen molar-refractivity contribution in [2.75, 3.05) is 7.11 Å². The fraction of sp³-hybridized carbons (Fsp3) is 0.200.